The van der Waals surface area contributed by atoms with Gasteiger partial charge in [-0.15, -0.1) is 11.3 Å². The quantitative estimate of drug-likeness (QED) is 0.250. The van der Waals surface area contributed by atoms with Gasteiger partial charge in [0.2, 0.25) is 5.91 Å². The highest BCUT2D eigenvalue weighted by Gasteiger charge is 2.26. The largest absolute Gasteiger partial charge is 0.490 e. The predicted molar refractivity (Wildman–Crippen MR) is 155 cm³/mol. The zero-order valence-corrected chi connectivity index (χ0v) is 23.4. The molecule has 0 N–H and O–H groups in total. The SMILES string of the molecule is C=CC(=O)N1CCc2cc(-c3nc(-c4cnn(C)c4)c4ccsc4c3-c3ccc(F)cc3OC(C)C)nn2CC1. The van der Waals surface area contributed by atoms with Crippen LogP contribution in [0.2, 0.25) is 0 Å². The summed E-state index contributed by atoms with van der Waals surface area (Å²) in [4.78, 5) is 19.2. The van der Waals surface area contributed by atoms with Crippen molar-refractivity contribution in [3.05, 3.63) is 72.3 Å². The summed E-state index contributed by atoms with van der Waals surface area (Å²) in [6.45, 7) is 9.17. The number of aromatic nitrogens is 5. The van der Waals surface area contributed by atoms with Gasteiger partial charge in [-0.05, 0) is 49.6 Å². The fourth-order valence-corrected chi connectivity index (χ4v) is 6.13. The Morgan fingerprint density at radius 1 is 1.18 bits per heavy atom. The zero-order valence-electron chi connectivity index (χ0n) is 22.6. The standard InChI is InChI=1S/C30H29FN6O2S/c1-5-26(38)36-10-8-21-15-24(34-37(21)12-11-36)29-27(22-7-6-20(31)14-25(22)39-18(2)3)30-23(9-13-40-30)28(33-29)19-16-32-35(4)17-19/h5-7,9,13-18H,1,8,10-12H2,2-4H3. The number of aryl methyl sites for hydroxylation is 1. The van der Waals surface area contributed by atoms with E-state index < -0.39 is 0 Å². The van der Waals surface area contributed by atoms with Crippen LogP contribution in [0.5, 0.6) is 5.75 Å². The molecule has 6 rings (SSSR count). The summed E-state index contributed by atoms with van der Waals surface area (Å²) in [5.41, 5.74) is 5.74. The summed E-state index contributed by atoms with van der Waals surface area (Å²) in [6, 6.07) is 8.75. The number of pyridine rings is 1. The van der Waals surface area contributed by atoms with E-state index >= 15 is 0 Å². The average molecular weight is 557 g/mol. The number of carbonyl (C=O) groups is 1. The van der Waals surface area contributed by atoms with Gasteiger partial charge in [-0.3, -0.25) is 14.2 Å². The van der Waals surface area contributed by atoms with E-state index in [4.69, 9.17) is 14.8 Å². The van der Waals surface area contributed by atoms with Crippen molar-refractivity contribution in [1.82, 2.24) is 29.4 Å². The van der Waals surface area contributed by atoms with Crippen molar-refractivity contribution in [2.45, 2.75) is 32.9 Å². The van der Waals surface area contributed by atoms with Crippen LogP contribution in [0.3, 0.4) is 0 Å². The average Bonchev–Trinajstić information content (AvgIpc) is 3.65. The molecular weight excluding hydrogens is 527 g/mol. The Balaban J connectivity index is 1.57. The maximum atomic E-state index is 14.4. The third-order valence-corrected chi connectivity index (χ3v) is 7.91. The number of carbonyl (C=O) groups excluding carboxylic acids is 1. The first-order valence-corrected chi connectivity index (χ1v) is 14.1. The molecule has 1 amide bonds. The van der Waals surface area contributed by atoms with Crippen LogP contribution >= 0.6 is 11.3 Å². The molecule has 1 aromatic carbocycles. The number of nitrogens with zero attached hydrogens (tertiary/aromatic N) is 6. The summed E-state index contributed by atoms with van der Waals surface area (Å²) in [5.74, 6) is 0.0186. The van der Waals surface area contributed by atoms with E-state index in [1.165, 1.54) is 18.2 Å². The first-order chi connectivity index (χ1) is 19.3. The maximum absolute atomic E-state index is 14.4. The minimum Gasteiger partial charge on any atom is -0.490 e. The van der Waals surface area contributed by atoms with Crippen LogP contribution in [0.4, 0.5) is 4.39 Å². The Kier molecular flexibility index (Phi) is 6.71. The molecule has 1 aliphatic rings. The zero-order chi connectivity index (χ0) is 28.0. The number of fused-ring (bicyclic) bond motifs is 2. The Morgan fingerprint density at radius 3 is 2.77 bits per heavy atom. The number of halogens is 1. The van der Waals surface area contributed by atoms with E-state index in [2.05, 4.69) is 17.7 Å². The topological polar surface area (TPSA) is 78.1 Å². The lowest BCUT2D eigenvalue weighted by Gasteiger charge is -2.18. The minimum absolute atomic E-state index is 0.0758. The third kappa shape index (κ3) is 4.68. The molecule has 0 saturated carbocycles. The second-order valence-electron chi connectivity index (χ2n) is 10.1. The summed E-state index contributed by atoms with van der Waals surface area (Å²) in [5, 5.41) is 12.4. The summed E-state index contributed by atoms with van der Waals surface area (Å²) in [7, 11) is 1.88. The molecule has 0 spiro atoms. The molecule has 0 bridgehead atoms. The first kappa shape index (κ1) is 25.9. The van der Waals surface area contributed by atoms with Crippen LogP contribution in [0.15, 0.2) is 60.8 Å². The molecule has 0 saturated heterocycles. The lowest BCUT2D eigenvalue weighted by atomic mass is 9.97. The van der Waals surface area contributed by atoms with E-state index in [1.807, 2.05) is 49.4 Å². The highest BCUT2D eigenvalue weighted by atomic mass is 32.1. The fraction of sp³-hybridized carbons (Fsp3) is 0.267. The van der Waals surface area contributed by atoms with Crippen LogP contribution in [0, 0.1) is 5.82 Å². The Labute approximate surface area is 235 Å². The summed E-state index contributed by atoms with van der Waals surface area (Å²) >= 11 is 1.60. The molecule has 0 unspecified atom stereocenters. The van der Waals surface area contributed by atoms with Gasteiger partial charge < -0.3 is 9.64 Å². The Morgan fingerprint density at radius 2 is 2.02 bits per heavy atom. The van der Waals surface area contributed by atoms with Crippen molar-refractivity contribution >= 4 is 27.3 Å². The molecule has 0 fully saturated rings. The van der Waals surface area contributed by atoms with Crippen molar-refractivity contribution in [3.8, 4) is 39.5 Å². The first-order valence-electron chi connectivity index (χ1n) is 13.2. The Bertz CT molecular complexity index is 1720. The summed E-state index contributed by atoms with van der Waals surface area (Å²) in [6.07, 6.45) is 5.63. The lowest BCUT2D eigenvalue weighted by molar-refractivity contribution is -0.126. The molecule has 0 aliphatic carbocycles. The van der Waals surface area contributed by atoms with Gasteiger partial charge in [-0.1, -0.05) is 6.58 Å². The number of rotatable bonds is 6. The van der Waals surface area contributed by atoms with E-state index in [1.54, 1.807) is 27.0 Å². The monoisotopic (exact) mass is 556 g/mol. The van der Waals surface area contributed by atoms with Crippen LogP contribution in [-0.2, 0) is 24.8 Å². The van der Waals surface area contributed by atoms with Crippen molar-refractivity contribution in [2.75, 3.05) is 13.1 Å². The molecule has 40 heavy (non-hydrogen) atoms. The minimum atomic E-state index is -0.365. The highest BCUT2D eigenvalue weighted by Crippen LogP contribution is 2.46. The fourth-order valence-electron chi connectivity index (χ4n) is 5.17. The van der Waals surface area contributed by atoms with Crippen molar-refractivity contribution in [1.29, 1.82) is 0 Å². The van der Waals surface area contributed by atoms with E-state index in [9.17, 15) is 9.18 Å². The number of thiophene rings is 1. The normalized spacial score (nSPS) is 13.5. The molecular formula is C30H29FN6O2S. The maximum Gasteiger partial charge on any atom is 0.246 e. The molecule has 5 aromatic rings. The van der Waals surface area contributed by atoms with Crippen LogP contribution in [-0.4, -0.2) is 54.5 Å². The van der Waals surface area contributed by atoms with Gasteiger partial charge in [0.05, 0.1) is 24.5 Å². The predicted octanol–water partition coefficient (Wildman–Crippen LogP) is 5.72. The second kappa shape index (κ2) is 10.3. The van der Waals surface area contributed by atoms with Crippen molar-refractivity contribution < 1.29 is 13.9 Å². The number of ether oxygens (including phenoxy) is 1. The van der Waals surface area contributed by atoms with Gasteiger partial charge in [-0.25, -0.2) is 9.37 Å². The molecule has 1 aliphatic heterocycles. The van der Waals surface area contributed by atoms with Gasteiger partial charge in [0.25, 0.3) is 0 Å². The van der Waals surface area contributed by atoms with Crippen LogP contribution < -0.4 is 4.74 Å². The summed E-state index contributed by atoms with van der Waals surface area (Å²) < 4.78 is 25.3. The number of amides is 1. The smallest absolute Gasteiger partial charge is 0.246 e. The molecule has 204 valence electrons. The van der Waals surface area contributed by atoms with Crippen LogP contribution in [0.25, 0.3) is 43.9 Å². The van der Waals surface area contributed by atoms with Crippen LogP contribution in [0.1, 0.15) is 19.5 Å². The molecule has 0 radical (unpaired) electrons. The number of benzene rings is 1. The lowest BCUT2D eigenvalue weighted by Crippen LogP contribution is -2.32. The van der Waals surface area contributed by atoms with Gasteiger partial charge in [0.15, 0.2) is 0 Å². The number of hydrogen-bond acceptors (Lipinski definition) is 6. The van der Waals surface area contributed by atoms with E-state index in [-0.39, 0.29) is 17.8 Å². The third-order valence-electron chi connectivity index (χ3n) is 6.97. The van der Waals surface area contributed by atoms with Crippen molar-refractivity contribution in [2.24, 2.45) is 7.05 Å². The van der Waals surface area contributed by atoms with E-state index in [0.717, 1.165) is 38.2 Å². The molecule has 4 aromatic heterocycles. The van der Waals surface area contributed by atoms with Gasteiger partial charge in [0, 0.05) is 71.3 Å². The second-order valence-corrected chi connectivity index (χ2v) is 11.0. The highest BCUT2D eigenvalue weighted by molar-refractivity contribution is 7.18. The van der Waals surface area contributed by atoms with Crippen molar-refractivity contribution in [3.63, 3.8) is 0 Å². The molecule has 0 atom stereocenters. The Hall–Kier alpha value is -4.31. The molecule has 8 nitrogen and oxygen atoms in total. The van der Waals surface area contributed by atoms with Gasteiger partial charge >= 0.3 is 0 Å². The van der Waals surface area contributed by atoms with Gasteiger partial charge in [-0.2, -0.15) is 10.2 Å². The van der Waals surface area contributed by atoms with Gasteiger partial charge in [0.1, 0.15) is 23.0 Å². The van der Waals surface area contributed by atoms with E-state index in [0.29, 0.717) is 43.2 Å². The molecule has 10 heteroatoms. The molecule has 5 heterocycles. The number of hydrogen-bond donors (Lipinski definition) is 0.